The van der Waals surface area contributed by atoms with Gasteiger partial charge < -0.3 is 10.1 Å². The first-order valence-electron chi connectivity index (χ1n) is 7.64. The number of benzene rings is 2. The van der Waals surface area contributed by atoms with Gasteiger partial charge in [-0.15, -0.1) is 11.8 Å². The van der Waals surface area contributed by atoms with E-state index in [1.807, 2.05) is 37.3 Å². The molecule has 0 unspecified atom stereocenters. The summed E-state index contributed by atoms with van der Waals surface area (Å²) in [5.41, 5.74) is 0.969. The lowest BCUT2D eigenvalue weighted by Crippen LogP contribution is -2.31. The molecule has 1 amide bonds. The highest BCUT2D eigenvalue weighted by Gasteiger charge is 2.14. The quantitative estimate of drug-likeness (QED) is 0.373. The van der Waals surface area contributed by atoms with Crippen LogP contribution in [0.2, 0.25) is 15.1 Å². The number of carbonyl (C=O) groups excluding carboxylic acids is 2. The molecule has 0 aliphatic carbocycles. The molecule has 0 aliphatic rings. The van der Waals surface area contributed by atoms with E-state index < -0.39 is 5.97 Å². The molecule has 1 atom stereocenters. The van der Waals surface area contributed by atoms with Crippen molar-refractivity contribution in [1.82, 2.24) is 5.32 Å². The summed E-state index contributed by atoms with van der Waals surface area (Å²) in [6, 6.07) is 12.6. The second-order valence-electron chi connectivity index (χ2n) is 5.32. The van der Waals surface area contributed by atoms with Gasteiger partial charge in [0.2, 0.25) is 0 Å². The fourth-order valence-corrected chi connectivity index (χ4v) is 3.56. The predicted molar refractivity (Wildman–Crippen MR) is 106 cm³/mol. The van der Waals surface area contributed by atoms with Crippen LogP contribution in [0.25, 0.3) is 0 Å². The van der Waals surface area contributed by atoms with Crippen LogP contribution < -0.4 is 5.32 Å². The van der Waals surface area contributed by atoms with Crippen LogP contribution in [0, 0.1) is 0 Å². The Balaban J connectivity index is 1.76. The number of amides is 1. The largest absolute Gasteiger partial charge is 0.455 e. The fourth-order valence-electron chi connectivity index (χ4n) is 2.05. The summed E-state index contributed by atoms with van der Waals surface area (Å²) in [6.07, 6.45) is 0. The summed E-state index contributed by atoms with van der Waals surface area (Å²) in [7, 11) is 0. The second kappa shape index (κ2) is 10.1. The SMILES string of the molecule is C[C@@H](NC(=O)COC(=O)CSc1ccc(Cl)c(Cl)c1Cl)c1ccccc1. The van der Waals surface area contributed by atoms with Crippen LogP contribution in [-0.4, -0.2) is 24.2 Å². The smallest absolute Gasteiger partial charge is 0.316 e. The first-order valence-corrected chi connectivity index (χ1v) is 9.76. The molecule has 2 aromatic carbocycles. The molecular formula is C18H16Cl3NO3S. The number of nitrogens with one attached hydrogen (secondary N) is 1. The first kappa shape index (κ1) is 20.9. The zero-order valence-corrected chi connectivity index (χ0v) is 16.9. The Labute approximate surface area is 171 Å². The molecule has 0 heterocycles. The van der Waals surface area contributed by atoms with E-state index in [0.717, 1.165) is 17.3 Å². The number of esters is 1. The van der Waals surface area contributed by atoms with Gasteiger partial charge in [0.15, 0.2) is 6.61 Å². The third kappa shape index (κ3) is 6.09. The number of ether oxygens (including phenoxy) is 1. The molecule has 0 fully saturated rings. The van der Waals surface area contributed by atoms with Gasteiger partial charge in [-0.3, -0.25) is 9.59 Å². The summed E-state index contributed by atoms with van der Waals surface area (Å²) < 4.78 is 4.98. The maximum Gasteiger partial charge on any atom is 0.316 e. The van der Waals surface area contributed by atoms with E-state index in [1.54, 1.807) is 12.1 Å². The minimum atomic E-state index is -0.528. The number of halogens is 3. The van der Waals surface area contributed by atoms with Crippen molar-refractivity contribution in [3.05, 3.63) is 63.1 Å². The van der Waals surface area contributed by atoms with Crippen molar-refractivity contribution in [2.24, 2.45) is 0 Å². The normalized spacial score (nSPS) is 11.7. The van der Waals surface area contributed by atoms with E-state index in [0.29, 0.717) is 9.92 Å². The number of thioether (sulfide) groups is 1. The van der Waals surface area contributed by atoms with Crippen molar-refractivity contribution in [3.63, 3.8) is 0 Å². The molecule has 26 heavy (non-hydrogen) atoms. The maximum atomic E-state index is 11.9. The third-order valence-corrected chi connectivity index (χ3v) is 5.82. The summed E-state index contributed by atoms with van der Waals surface area (Å²) in [5.74, 6) is -0.897. The molecule has 0 saturated carbocycles. The van der Waals surface area contributed by atoms with Crippen LogP contribution in [0.3, 0.4) is 0 Å². The van der Waals surface area contributed by atoms with Crippen molar-refractivity contribution in [1.29, 1.82) is 0 Å². The molecule has 4 nitrogen and oxygen atoms in total. The van der Waals surface area contributed by atoms with Crippen molar-refractivity contribution >= 4 is 58.4 Å². The third-order valence-electron chi connectivity index (χ3n) is 3.39. The summed E-state index contributed by atoms with van der Waals surface area (Å²) in [4.78, 5) is 24.3. The molecule has 0 aliphatic heterocycles. The van der Waals surface area contributed by atoms with E-state index in [9.17, 15) is 9.59 Å². The molecule has 0 radical (unpaired) electrons. The van der Waals surface area contributed by atoms with E-state index >= 15 is 0 Å². The van der Waals surface area contributed by atoms with E-state index in [2.05, 4.69) is 5.32 Å². The Hall–Kier alpha value is -1.40. The topological polar surface area (TPSA) is 55.4 Å². The molecule has 138 valence electrons. The van der Waals surface area contributed by atoms with Crippen molar-refractivity contribution in [2.45, 2.75) is 17.9 Å². The van der Waals surface area contributed by atoms with Gasteiger partial charge in [0, 0.05) is 4.90 Å². The molecule has 0 bridgehead atoms. The minimum absolute atomic E-state index is 0.000794. The lowest BCUT2D eigenvalue weighted by atomic mass is 10.1. The summed E-state index contributed by atoms with van der Waals surface area (Å²) in [6.45, 7) is 1.52. The Bertz CT molecular complexity index is 787. The Morgan fingerprint density at radius 2 is 1.77 bits per heavy atom. The highest BCUT2D eigenvalue weighted by atomic mass is 35.5. The highest BCUT2D eigenvalue weighted by molar-refractivity contribution is 8.00. The van der Waals surface area contributed by atoms with Gasteiger partial charge in [-0.05, 0) is 24.6 Å². The number of carbonyl (C=O) groups is 2. The lowest BCUT2D eigenvalue weighted by Gasteiger charge is -2.14. The Morgan fingerprint density at radius 3 is 2.46 bits per heavy atom. The molecule has 2 aromatic rings. The van der Waals surface area contributed by atoms with Gasteiger partial charge in [0.25, 0.3) is 5.91 Å². The van der Waals surface area contributed by atoms with Gasteiger partial charge in [0.05, 0.1) is 26.9 Å². The van der Waals surface area contributed by atoms with Crippen LogP contribution in [0.4, 0.5) is 0 Å². The summed E-state index contributed by atoms with van der Waals surface area (Å²) >= 11 is 19.0. The molecule has 1 N–H and O–H groups in total. The Morgan fingerprint density at radius 1 is 1.08 bits per heavy atom. The zero-order chi connectivity index (χ0) is 19.1. The highest BCUT2D eigenvalue weighted by Crippen LogP contribution is 2.37. The molecule has 0 aromatic heterocycles. The molecule has 0 saturated heterocycles. The maximum absolute atomic E-state index is 11.9. The zero-order valence-electron chi connectivity index (χ0n) is 13.8. The van der Waals surface area contributed by atoms with Gasteiger partial charge >= 0.3 is 5.97 Å². The predicted octanol–water partition coefficient (Wildman–Crippen LogP) is 5.16. The average Bonchev–Trinajstić information content (AvgIpc) is 2.64. The van der Waals surface area contributed by atoms with Gasteiger partial charge in [-0.2, -0.15) is 0 Å². The molecule has 8 heteroatoms. The average molecular weight is 433 g/mol. The van der Waals surface area contributed by atoms with E-state index in [1.165, 1.54) is 0 Å². The van der Waals surface area contributed by atoms with E-state index in [-0.39, 0.29) is 34.4 Å². The monoisotopic (exact) mass is 431 g/mol. The Kier molecular flexibility index (Phi) is 8.10. The standard InChI is InChI=1S/C18H16Cl3NO3S/c1-11(12-5-3-2-4-6-12)22-15(23)9-25-16(24)10-26-14-8-7-13(19)17(20)18(14)21/h2-8,11H,9-10H2,1H3,(H,22,23)/t11-/m1/s1. The molecule has 2 rings (SSSR count). The minimum Gasteiger partial charge on any atom is -0.455 e. The van der Waals surface area contributed by atoms with Crippen LogP contribution >= 0.6 is 46.6 Å². The second-order valence-corrected chi connectivity index (χ2v) is 7.50. The van der Waals surface area contributed by atoms with Gasteiger partial charge in [-0.25, -0.2) is 0 Å². The molecular weight excluding hydrogens is 417 g/mol. The number of hydrogen-bond acceptors (Lipinski definition) is 4. The number of hydrogen-bond donors (Lipinski definition) is 1. The van der Waals surface area contributed by atoms with Crippen LogP contribution in [0.1, 0.15) is 18.5 Å². The van der Waals surface area contributed by atoms with Gasteiger partial charge in [-0.1, -0.05) is 65.1 Å². The van der Waals surface area contributed by atoms with Crippen LogP contribution in [0.15, 0.2) is 47.4 Å². The van der Waals surface area contributed by atoms with Gasteiger partial charge in [0.1, 0.15) is 0 Å². The fraction of sp³-hybridized carbons (Fsp3) is 0.222. The first-order chi connectivity index (χ1) is 12.4. The van der Waals surface area contributed by atoms with E-state index in [4.69, 9.17) is 39.5 Å². The van der Waals surface area contributed by atoms with Crippen molar-refractivity contribution in [2.75, 3.05) is 12.4 Å². The number of rotatable bonds is 7. The summed E-state index contributed by atoms with van der Waals surface area (Å²) in [5, 5.41) is 3.63. The van der Waals surface area contributed by atoms with Crippen molar-refractivity contribution in [3.8, 4) is 0 Å². The van der Waals surface area contributed by atoms with Crippen molar-refractivity contribution < 1.29 is 14.3 Å². The van der Waals surface area contributed by atoms with Crippen LogP contribution in [-0.2, 0) is 14.3 Å². The van der Waals surface area contributed by atoms with Crippen LogP contribution in [0.5, 0.6) is 0 Å². The molecule has 0 spiro atoms. The lowest BCUT2D eigenvalue weighted by molar-refractivity contribution is -0.146.